The molecule has 1 atom stereocenters. The minimum Gasteiger partial charge on any atom is -0.533 e. The molecule has 52 heavy (non-hydrogen) atoms. The van der Waals surface area contributed by atoms with Crippen LogP contribution in [-0.2, 0) is 7.05 Å². The summed E-state index contributed by atoms with van der Waals surface area (Å²) in [6.07, 6.45) is 4.38. The number of carbonyl (C=O) groups is 1. The number of fused-ring (bicyclic) bond motifs is 1. The second-order valence-corrected chi connectivity index (χ2v) is 19.2. The largest absolute Gasteiger partial charge is 0.533 e. The molecular formula is C40H36ClFN4O4SSi. The lowest BCUT2D eigenvalue weighted by atomic mass is 10.1. The third-order valence-electron chi connectivity index (χ3n) is 9.18. The number of carboxylic acids is 1. The molecular weight excluding hydrogens is 715 g/mol. The fourth-order valence-corrected chi connectivity index (χ4v) is 12.5. The number of carboxylic acid groups (broad SMARTS) is 1. The number of nitrogens with zero attached hydrogens (tertiary/aromatic N) is 4. The van der Waals surface area contributed by atoms with Crippen LogP contribution in [0.15, 0.2) is 116 Å². The summed E-state index contributed by atoms with van der Waals surface area (Å²) in [6, 6.07) is 30.5. The van der Waals surface area contributed by atoms with E-state index in [1.165, 1.54) is 6.07 Å². The summed E-state index contributed by atoms with van der Waals surface area (Å²) < 4.78 is 32.7. The van der Waals surface area contributed by atoms with Gasteiger partial charge in [0.15, 0.2) is 4.88 Å². The molecule has 4 aromatic carbocycles. The van der Waals surface area contributed by atoms with E-state index < -0.39 is 26.2 Å². The maximum absolute atomic E-state index is 15.8. The highest BCUT2D eigenvalue weighted by molar-refractivity contribution is 7.16. The highest BCUT2D eigenvalue weighted by Gasteiger charge is 2.52. The standard InChI is InChI=1S/C40H36ClFN4O4SSi/c1-25(49-34-21-35(51-38(34)39(47)48)46-24-43-31-20-26(16-18-32(31)46)27-22-44-45(5)23-27)36-30(42)17-19-33(37(36)41)50-52(40(2,3)4,28-12-8-6-9-13-28)29-14-10-7-11-15-29/h6-25H,1-5H3,(H,47,48). The number of halogens is 2. The molecule has 0 aliphatic heterocycles. The second-order valence-electron chi connectivity index (χ2n) is 13.6. The van der Waals surface area contributed by atoms with Gasteiger partial charge in [0, 0.05) is 24.9 Å². The molecule has 8 nitrogen and oxygen atoms in total. The van der Waals surface area contributed by atoms with Crippen molar-refractivity contribution >= 4 is 58.6 Å². The molecule has 0 aliphatic carbocycles. The van der Waals surface area contributed by atoms with Gasteiger partial charge >= 0.3 is 14.3 Å². The number of hydrogen-bond donors (Lipinski definition) is 1. The maximum Gasteiger partial charge on any atom is 0.349 e. The average molecular weight is 751 g/mol. The Morgan fingerprint density at radius 3 is 2.21 bits per heavy atom. The smallest absolute Gasteiger partial charge is 0.349 e. The van der Waals surface area contributed by atoms with Gasteiger partial charge < -0.3 is 14.3 Å². The number of imidazole rings is 1. The highest BCUT2D eigenvalue weighted by Crippen LogP contribution is 2.43. The van der Waals surface area contributed by atoms with Crippen molar-refractivity contribution < 1.29 is 23.5 Å². The first kappa shape index (κ1) is 35.2. The third-order valence-corrected chi connectivity index (χ3v) is 15.6. The Kier molecular flexibility index (Phi) is 9.28. The summed E-state index contributed by atoms with van der Waals surface area (Å²) >= 11 is 8.10. The van der Waals surface area contributed by atoms with Gasteiger partial charge in [0.1, 0.15) is 34.7 Å². The van der Waals surface area contributed by atoms with Crippen molar-refractivity contribution in [3.8, 4) is 27.6 Å². The topological polar surface area (TPSA) is 91.4 Å². The van der Waals surface area contributed by atoms with Crippen LogP contribution in [0.2, 0.25) is 10.1 Å². The Labute approximate surface area is 310 Å². The van der Waals surface area contributed by atoms with Gasteiger partial charge in [0.2, 0.25) is 0 Å². The van der Waals surface area contributed by atoms with E-state index in [1.54, 1.807) is 36.3 Å². The predicted octanol–water partition coefficient (Wildman–Crippen LogP) is 9.06. The third kappa shape index (κ3) is 6.29. The SMILES string of the molecule is CC(Oc1cc(-n2cnc3cc(-c4cnn(C)c4)ccc32)sc1C(=O)O)c1c(F)ccc(O[Si](c2ccccc2)(c2ccccc2)C(C)(C)C)c1Cl. The second kappa shape index (κ2) is 13.7. The molecule has 7 aromatic rings. The Balaban J connectivity index is 1.24. The van der Waals surface area contributed by atoms with Crippen molar-refractivity contribution in [1.29, 1.82) is 0 Å². The number of benzene rings is 4. The molecule has 1 N–H and O–H groups in total. The Morgan fingerprint density at radius 1 is 0.942 bits per heavy atom. The van der Waals surface area contributed by atoms with Crippen LogP contribution in [0.5, 0.6) is 11.5 Å². The van der Waals surface area contributed by atoms with Gasteiger partial charge in [-0.25, -0.2) is 14.2 Å². The molecule has 1 unspecified atom stereocenters. The van der Waals surface area contributed by atoms with Crippen LogP contribution in [0.3, 0.4) is 0 Å². The highest BCUT2D eigenvalue weighted by atomic mass is 35.5. The van der Waals surface area contributed by atoms with Crippen molar-refractivity contribution in [2.75, 3.05) is 0 Å². The van der Waals surface area contributed by atoms with Crippen LogP contribution in [0, 0.1) is 5.82 Å². The summed E-state index contributed by atoms with van der Waals surface area (Å²) in [7, 11) is -1.24. The first-order valence-electron chi connectivity index (χ1n) is 16.7. The minimum absolute atomic E-state index is 0.0353. The summed E-state index contributed by atoms with van der Waals surface area (Å²) in [4.78, 5) is 17.0. The maximum atomic E-state index is 15.8. The zero-order chi connectivity index (χ0) is 36.8. The van der Waals surface area contributed by atoms with E-state index in [4.69, 9.17) is 20.8 Å². The summed E-state index contributed by atoms with van der Waals surface area (Å²) in [6.45, 7) is 8.09. The van der Waals surface area contributed by atoms with Crippen molar-refractivity contribution in [3.63, 3.8) is 0 Å². The summed E-state index contributed by atoms with van der Waals surface area (Å²) in [5.74, 6) is -1.35. The molecule has 264 valence electrons. The van der Waals surface area contributed by atoms with E-state index in [9.17, 15) is 9.90 Å². The monoisotopic (exact) mass is 750 g/mol. The quantitative estimate of drug-likeness (QED) is 0.140. The molecule has 0 amide bonds. The molecule has 0 fully saturated rings. The molecule has 0 spiro atoms. The summed E-state index contributed by atoms with van der Waals surface area (Å²) in [5.41, 5.74) is 3.50. The number of rotatable bonds is 10. The number of thiophene rings is 1. The van der Waals surface area contributed by atoms with E-state index in [0.717, 1.165) is 43.9 Å². The fourth-order valence-electron chi connectivity index (χ4n) is 6.72. The lowest BCUT2D eigenvalue weighted by Gasteiger charge is -2.43. The zero-order valence-electron chi connectivity index (χ0n) is 29.2. The van der Waals surface area contributed by atoms with Gasteiger partial charge in [-0.2, -0.15) is 5.10 Å². The lowest BCUT2D eigenvalue weighted by Crippen LogP contribution is -2.68. The number of aromatic carboxylic acids is 1. The Hall–Kier alpha value is -5.23. The summed E-state index contributed by atoms with van der Waals surface area (Å²) in [5, 5.41) is 16.8. The van der Waals surface area contributed by atoms with Crippen LogP contribution in [0.25, 0.3) is 27.2 Å². The van der Waals surface area contributed by atoms with Crippen LogP contribution in [0.1, 0.15) is 49.0 Å². The van der Waals surface area contributed by atoms with E-state index in [2.05, 4.69) is 55.1 Å². The fraction of sp³-hybridized carbons (Fsp3) is 0.175. The zero-order valence-corrected chi connectivity index (χ0v) is 31.7. The van der Waals surface area contributed by atoms with Gasteiger partial charge in [-0.15, -0.1) is 11.3 Å². The molecule has 12 heteroatoms. The molecule has 0 radical (unpaired) electrons. The molecule has 0 aliphatic rings. The lowest BCUT2D eigenvalue weighted by molar-refractivity contribution is 0.0695. The average Bonchev–Trinajstić information content (AvgIpc) is 3.86. The van der Waals surface area contributed by atoms with Gasteiger partial charge in [-0.05, 0) is 52.2 Å². The van der Waals surface area contributed by atoms with Crippen LogP contribution >= 0.6 is 22.9 Å². The molecule has 0 saturated carbocycles. The Morgan fingerprint density at radius 2 is 1.62 bits per heavy atom. The van der Waals surface area contributed by atoms with Gasteiger partial charge in [-0.3, -0.25) is 9.25 Å². The van der Waals surface area contributed by atoms with Crippen molar-refractivity contribution in [1.82, 2.24) is 19.3 Å². The number of aromatic nitrogens is 4. The normalized spacial score (nSPS) is 12.6. The van der Waals surface area contributed by atoms with Gasteiger partial charge in [-0.1, -0.05) is 99.1 Å². The van der Waals surface area contributed by atoms with Gasteiger partial charge in [0.05, 0.1) is 27.8 Å². The van der Waals surface area contributed by atoms with Crippen LogP contribution < -0.4 is 19.5 Å². The van der Waals surface area contributed by atoms with Crippen LogP contribution in [0.4, 0.5) is 4.39 Å². The van der Waals surface area contributed by atoms with Crippen molar-refractivity contribution in [3.05, 3.63) is 137 Å². The van der Waals surface area contributed by atoms with Crippen LogP contribution in [-0.4, -0.2) is 38.7 Å². The predicted molar refractivity (Wildman–Crippen MR) is 207 cm³/mol. The molecule has 0 bridgehead atoms. The molecule has 0 saturated heterocycles. The molecule has 3 aromatic heterocycles. The number of hydrogen-bond acceptors (Lipinski definition) is 6. The van der Waals surface area contributed by atoms with Gasteiger partial charge in [0.25, 0.3) is 0 Å². The minimum atomic E-state index is -3.10. The first-order valence-corrected chi connectivity index (χ1v) is 19.8. The number of aryl methyl sites for hydroxylation is 1. The van der Waals surface area contributed by atoms with E-state index >= 15 is 4.39 Å². The van der Waals surface area contributed by atoms with E-state index in [0.29, 0.717) is 10.8 Å². The molecule has 3 heterocycles. The molecule has 7 rings (SSSR count). The Bertz CT molecular complexity index is 2370. The van der Waals surface area contributed by atoms with E-state index in [-0.39, 0.29) is 26.3 Å². The van der Waals surface area contributed by atoms with Crippen molar-refractivity contribution in [2.45, 2.75) is 38.8 Å². The first-order chi connectivity index (χ1) is 24.9. The number of ether oxygens (including phenoxy) is 1. The van der Waals surface area contributed by atoms with Crippen molar-refractivity contribution in [2.24, 2.45) is 7.05 Å². The van der Waals surface area contributed by atoms with E-state index in [1.807, 2.05) is 72.4 Å².